The van der Waals surface area contributed by atoms with Gasteiger partial charge in [-0.15, -0.1) is 0 Å². The van der Waals surface area contributed by atoms with E-state index in [1.807, 2.05) is 0 Å². The summed E-state index contributed by atoms with van der Waals surface area (Å²) in [6.07, 6.45) is 16.5. The number of rotatable bonds is 0. The Balaban J connectivity index is 1.94. The third-order valence-electron chi connectivity index (χ3n) is 3.26. The number of fused-ring (bicyclic) bond motifs is 3. The Bertz CT molecular complexity index is 292. The van der Waals surface area contributed by atoms with Crippen LogP contribution in [0.3, 0.4) is 0 Å². The van der Waals surface area contributed by atoms with E-state index >= 15 is 0 Å². The van der Waals surface area contributed by atoms with Crippen LogP contribution in [0.5, 0.6) is 0 Å². The Kier molecular flexibility index (Phi) is 2.06. The average Bonchev–Trinajstić information content (AvgIpc) is 2.81. The van der Waals surface area contributed by atoms with Crippen molar-refractivity contribution in [1.29, 1.82) is 0 Å². The molecule has 2 atom stereocenters. The maximum Gasteiger partial charge on any atom is 0.107 e. The Morgan fingerprint density at radius 3 is 2.00 bits per heavy atom. The van der Waals surface area contributed by atoms with Crippen molar-refractivity contribution < 1.29 is 4.74 Å². The van der Waals surface area contributed by atoms with Crippen molar-refractivity contribution >= 4 is 0 Å². The van der Waals surface area contributed by atoms with Gasteiger partial charge in [-0.25, -0.2) is 0 Å². The molecule has 0 N–H and O–H groups in total. The summed E-state index contributed by atoms with van der Waals surface area (Å²) in [6.45, 7) is 0. The Hall–Kier alpha value is -0.820. The van der Waals surface area contributed by atoms with Gasteiger partial charge in [0.25, 0.3) is 0 Å². The van der Waals surface area contributed by atoms with Crippen LogP contribution in [0.1, 0.15) is 32.1 Å². The third kappa shape index (κ3) is 1.69. The van der Waals surface area contributed by atoms with Crippen LogP contribution in [0.15, 0.2) is 35.5 Å². The van der Waals surface area contributed by atoms with Crippen LogP contribution in [0.4, 0.5) is 0 Å². The van der Waals surface area contributed by atoms with Crippen molar-refractivity contribution in [3.63, 3.8) is 0 Å². The van der Waals surface area contributed by atoms with Crippen LogP contribution in [-0.4, -0.2) is 12.2 Å². The molecule has 0 aromatic rings. The van der Waals surface area contributed by atoms with Gasteiger partial charge in [0.15, 0.2) is 0 Å². The van der Waals surface area contributed by atoms with Gasteiger partial charge in [0.05, 0.1) is 0 Å². The Morgan fingerprint density at radius 2 is 1.43 bits per heavy atom. The minimum Gasteiger partial charge on any atom is -0.361 e. The molecular formula is C13H16O. The SMILES string of the molecule is C1=CC2=C[C@@H]3O[C@H]3C=C1CCCCC2. The van der Waals surface area contributed by atoms with E-state index in [9.17, 15) is 0 Å². The monoisotopic (exact) mass is 188 g/mol. The largest absolute Gasteiger partial charge is 0.361 e. The van der Waals surface area contributed by atoms with Crippen LogP contribution < -0.4 is 0 Å². The molecule has 0 unspecified atom stereocenters. The van der Waals surface area contributed by atoms with E-state index in [0.717, 1.165) is 0 Å². The van der Waals surface area contributed by atoms with E-state index in [-0.39, 0.29) is 0 Å². The maximum atomic E-state index is 5.58. The van der Waals surface area contributed by atoms with Gasteiger partial charge in [0.2, 0.25) is 0 Å². The first-order chi connectivity index (χ1) is 6.92. The summed E-state index contributed by atoms with van der Waals surface area (Å²) >= 11 is 0. The second-order valence-corrected chi connectivity index (χ2v) is 4.44. The molecule has 0 radical (unpaired) electrons. The normalized spacial score (nSPS) is 35.4. The van der Waals surface area contributed by atoms with E-state index in [4.69, 9.17) is 4.74 Å². The highest BCUT2D eigenvalue weighted by Crippen LogP contribution is 2.32. The van der Waals surface area contributed by atoms with E-state index in [2.05, 4.69) is 24.3 Å². The fraction of sp³-hybridized carbons (Fsp3) is 0.538. The van der Waals surface area contributed by atoms with Crippen molar-refractivity contribution in [3.8, 4) is 0 Å². The van der Waals surface area contributed by atoms with Crippen molar-refractivity contribution in [2.75, 3.05) is 0 Å². The van der Waals surface area contributed by atoms with Crippen molar-refractivity contribution in [2.45, 2.75) is 44.3 Å². The molecule has 0 aromatic heterocycles. The number of epoxide rings is 1. The lowest BCUT2D eigenvalue weighted by Crippen LogP contribution is -1.92. The average molecular weight is 188 g/mol. The van der Waals surface area contributed by atoms with Gasteiger partial charge in [-0.05, 0) is 49.0 Å². The standard InChI is InChI=1S/C13H16O/c1-2-4-10-6-7-11(5-3-1)9-13-12(8-10)14-13/h6-9,12-13H,1-5H2/t12-,13-/m0/s1. The number of hydrogen-bond donors (Lipinski definition) is 0. The number of hydrogen-bond acceptors (Lipinski definition) is 1. The third-order valence-corrected chi connectivity index (χ3v) is 3.26. The first-order valence-electron chi connectivity index (χ1n) is 5.67. The molecule has 2 aliphatic carbocycles. The maximum absolute atomic E-state index is 5.58. The minimum atomic E-state index is 0.392. The van der Waals surface area contributed by atoms with Crippen molar-refractivity contribution in [1.82, 2.24) is 0 Å². The molecule has 1 saturated heterocycles. The fourth-order valence-electron chi connectivity index (χ4n) is 2.32. The lowest BCUT2D eigenvalue weighted by atomic mass is 10.0. The Labute approximate surface area is 85.1 Å². The molecule has 74 valence electrons. The lowest BCUT2D eigenvalue weighted by molar-refractivity contribution is 0.412. The predicted molar refractivity (Wildman–Crippen MR) is 57.1 cm³/mol. The van der Waals surface area contributed by atoms with Gasteiger partial charge >= 0.3 is 0 Å². The molecule has 0 spiro atoms. The van der Waals surface area contributed by atoms with Crippen LogP contribution in [-0.2, 0) is 4.74 Å². The van der Waals surface area contributed by atoms with Crippen LogP contribution in [0.2, 0.25) is 0 Å². The van der Waals surface area contributed by atoms with E-state index in [1.165, 1.54) is 43.3 Å². The van der Waals surface area contributed by atoms with Crippen LogP contribution >= 0.6 is 0 Å². The second kappa shape index (κ2) is 3.39. The summed E-state index contributed by atoms with van der Waals surface area (Å²) in [5.74, 6) is 0. The molecule has 1 heteroatoms. The molecule has 1 heterocycles. The molecule has 1 nitrogen and oxygen atoms in total. The summed E-state index contributed by atoms with van der Waals surface area (Å²) < 4.78 is 5.58. The number of allylic oxidation sites excluding steroid dienone is 4. The minimum absolute atomic E-state index is 0.392. The van der Waals surface area contributed by atoms with Crippen LogP contribution in [0, 0.1) is 0 Å². The highest BCUT2D eigenvalue weighted by atomic mass is 16.6. The van der Waals surface area contributed by atoms with E-state index < -0.39 is 0 Å². The zero-order chi connectivity index (χ0) is 9.38. The summed E-state index contributed by atoms with van der Waals surface area (Å²) in [7, 11) is 0. The zero-order valence-corrected chi connectivity index (χ0v) is 8.41. The summed E-state index contributed by atoms with van der Waals surface area (Å²) in [6, 6.07) is 0. The highest BCUT2D eigenvalue weighted by molar-refractivity contribution is 5.35. The van der Waals surface area contributed by atoms with Gasteiger partial charge < -0.3 is 4.74 Å². The molecule has 14 heavy (non-hydrogen) atoms. The molecule has 0 saturated carbocycles. The molecule has 3 aliphatic rings. The zero-order valence-electron chi connectivity index (χ0n) is 8.41. The summed E-state index contributed by atoms with van der Waals surface area (Å²) in [5.41, 5.74) is 2.95. The predicted octanol–water partition coefficient (Wildman–Crippen LogP) is 3.14. The fourth-order valence-corrected chi connectivity index (χ4v) is 2.32. The van der Waals surface area contributed by atoms with Gasteiger partial charge in [-0.1, -0.05) is 18.6 Å². The lowest BCUT2D eigenvalue weighted by Gasteiger charge is -2.01. The topological polar surface area (TPSA) is 12.5 Å². The van der Waals surface area contributed by atoms with Gasteiger partial charge in [-0.3, -0.25) is 0 Å². The van der Waals surface area contributed by atoms with Crippen molar-refractivity contribution in [2.24, 2.45) is 0 Å². The molecule has 1 fully saturated rings. The first-order valence-corrected chi connectivity index (χ1v) is 5.67. The van der Waals surface area contributed by atoms with Crippen molar-refractivity contribution in [3.05, 3.63) is 35.5 Å². The Morgan fingerprint density at radius 1 is 0.857 bits per heavy atom. The summed E-state index contributed by atoms with van der Waals surface area (Å²) in [4.78, 5) is 0. The van der Waals surface area contributed by atoms with Crippen LogP contribution in [0.25, 0.3) is 0 Å². The molecule has 0 aromatic carbocycles. The smallest absolute Gasteiger partial charge is 0.107 e. The van der Waals surface area contributed by atoms with E-state index in [1.54, 1.807) is 0 Å². The number of ether oxygens (including phenoxy) is 1. The molecule has 2 bridgehead atoms. The molecular weight excluding hydrogens is 172 g/mol. The quantitative estimate of drug-likeness (QED) is 0.532. The second-order valence-electron chi connectivity index (χ2n) is 4.44. The van der Waals surface area contributed by atoms with Gasteiger partial charge in [-0.2, -0.15) is 0 Å². The van der Waals surface area contributed by atoms with Gasteiger partial charge in [0.1, 0.15) is 12.2 Å². The molecule has 0 amide bonds. The van der Waals surface area contributed by atoms with E-state index in [0.29, 0.717) is 12.2 Å². The highest BCUT2D eigenvalue weighted by Gasteiger charge is 2.35. The summed E-state index contributed by atoms with van der Waals surface area (Å²) in [5, 5.41) is 0. The van der Waals surface area contributed by atoms with Gasteiger partial charge in [0, 0.05) is 0 Å². The first kappa shape index (κ1) is 8.49. The molecule has 3 rings (SSSR count). The molecule has 1 aliphatic heterocycles.